The van der Waals surface area contributed by atoms with E-state index in [0.29, 0.717) is 23.8 Å². The van der Waals surface area contributed by atoms with Gasteiger partial charge >= 0.3 is 0 Å². The minimum atomic E-state index is -0.568. The van der Waals surface area contributed by atoms with Crippen molar-refractivity contribution in [1.82, 2.24) is 9.97 Å². The minimum absolute atomic E-state index is 0.0504. The number of hydrazine groups is 1. The van der Waals surface area contributed by atoms with Crippen molar-refractivity contribution in [2.75, 3.05) is 16.9 Å². The second-order valence-corrected chi connectivity index (χ2v) is 6.84. The van der Waals surface area contributed by atoms with E-state index in [1.807, 2.05) is 49.4 Å². The fraction of sp³-hybridized carbons (Fsp3) is 0.0952. The lowest BCUT2D eigenvalue weighted by Gasteiger charge is -2.25. The van der Waals surface area contributed by atoms with Crippen LogP contribution in [0.15, 0.2) is 64.1 Å². The number of aliphatic imine (C=N–C) groups is 1. The van der Waals surface area contributed by atoms with Crippen LogP contribution in [0.25, 0.3) is 22.6 Å². The molecular formula is C21H17FN6O. The van der Waals surface area contributed by atoms with Crippen LogP contribution in [0, 0.1) is 5.82 Å². The molecule has 0 saturated carbocycles. The van der Waals surface area contributed by atoms with Crippen LogP contribution in [0.2, 0.25) is 0 Å². The van der Waals surface area contributed by atoms with Gasteiger partial charge in [-0.3, -0.25) is 4.99 Å². The van der Waals surface area contributed by atoms with E-state index in [9.17, 15) is 4.39 Å². The van der Waals surface area contributed by atoms with Crippen LogP contribution in [0.3, 0.4) is 0 Å². The number of para-hydroxylation sites is 1. The SMILES string of the molecule is CC1=Nc2ccc(Nc3nc(-c4cc5ccccc5o4)ncc3F)cc2N(N)C1. The van der Waals surface area contributed by atoms with Crippen molar-refractivity contribution in [3.63, 3.8) is 0 Å². The molecule has 8 heteroatoms. The number of fused-ring (bicyclic) bond motifs is 2. The van der Waals surface area contributed by atoms with Gasteiger partial charge in [0.15, 0.2) is 23.2 Å². The van der Waals surface area contributed by atoms with Crippen molar-refractivity contribution in [2.45, 2.75) is 6.92 Å². The molecule has 3 N–H and O–H groups in total. The Hall–Kier alpha value is -3.78. The summed E-state index contributed by atoms with van der Waals surface area (Å²) in [4.78, 5) is 12.9. The monoisotopic (exact) mass is 388 g/mol. The summed E-state index contributed by atoms with van der Waals surface area (Å²) in [5.74, 6) is 6.33. The first-order valence-corrected chi connectivity index (χ1v) is 9.06. The van der Waals surface area contributed by atoms with Gasteiger partial charge in [0, 0.05) is 16.8 Å². The molecule has 5 rings (SSSR count). The molecule has 0 unspecified atom stereocenters. The Labute approximate surface area is 165 Å². The van der Waals surface area contributed by atoms with Crippen LogP contribution in [0.5, 0.6) is 0 Å². The second-order valence-electron chi connectivity index (χ2n) is 6.84. The lowest BCUT2D eigenvalue weighted by Crippen LogP contribution is -2.37. The predicted octanol–water partition coefficient (Wildman–Crippen LogP) is 4.56. The fourth-order valence-corrected chi connectivity index (χ4v) is 3.30. The molecule has 3 heterocycles. The highest BCUT2D eigenvalue weighted by molar-refractivity contribution is 5.94. The first kappa shape index (κ1) is 17.3. The number of hydrogen-bond acceptors (Lipinski definition) is 7. The first-order chi connectivity index (χ1) is 14.1. The van der Waals surface area contributed by atoms with Crippen molar-refractivity contribution in [1.29, 1.82) is 0 Å². The molecule has 29 heavy (non-hydrogen) atoms. The van der Waals surface area contributed by atoms with Gasteiger partial charge in [-0.05, 0) is 37.3 Å². The molecule has 1 aliphatic rings. The lowest BCUT2D eigenvalue weighted by molar-refractivity contribution is 0.608. The van der Waals surface area contributed by atoms with Crippen LogP contribution < -0.4 is 16.2 Å². The Morgan fingerprint density at radius 2 is 2.03 bits per heavy atom. The van der Waals surface area contributed by atoms with Crippen molar-refractivity contribution in [3.05, 3.63) is 60.5 Å². The maximum atomic E-state index is 14.4. The van der Waals surface area contributed by atoms with E-state index in [1.54, 1.807) is 11.1 Å². The lowest BCUT2D eigenvalue weighted by atomic mass is 10.2. The van der Waals surface area contributed by atoms with Crippen molar-refractivity contribution in [2.24, 2.45) is 10.8 Å². The van der Waals surface area contributed by atoms with Gasteiger partial charge in [0.05, 0.1) is 24.1 Å². The average molecular weight is 388 g/mol. The van der Waals surface area contributed by atoms with Crippen LogP contribution >= 0.6 is 0 Å². The molecule has 2 aromatic heterocycles. The third-order valence-electron chi connectivity index (χ3n) is 4.65. The molecule has 0 atom stereocenters. The van der Waals surface area contributed by atoms with Crippen molar-refractivity contribution >= 4 is 39.6 Å². The van der Waals surface area contributed by atoms with Gasteiger partial charge in [-0.2, -0.15) is 0 Å². The fourth-order valence-electron chi connectivity index (χ4n) is 3.30. The standard InChI is InChI=1S/C21H17FN6O/c1-12-11-28(23)17-9-14(6-7-16(17)25-12)26-20-15(22)10-24-21(27-20)19-8-13-4-2-3-5-18(13)29-19/h2-10H,11,23H2,1H3,(H,24,26,27). The number of furan rings is 1. The normalized spacial score (nSPS) is 13.3. The molecule has 0 aliphatic carbocycles. The van der Waals surface area contributed by atoms with E-state index in [2.05, 4.69) is 20.3 Å². The Morgan fingerprint density at radius 1 is 1.17 bits per heavy atom. The zero-order valence-electron chi connectivity index (χ0n) is 15.6. The average Bonchev–Trinajstić information content (AvgIpc) is 3.14. The predicted molar refractivity (Wildman–Crippen MR) is 111 cm³/mol. The third kappa shape index (κ3) is 3.19. The number of hydrogen-bond donors (Lipinski definition) is 2. The Balaban J connectivity index is 1.49. The van der Waals surface area contributed by atoms with Crippen molar-refractivity contribution in [3.8, 4) is 11.6 Å². The Kier molecular flexibility index (Phi) is 3.99. The number of nitrogens with one attached hydrogen (secondary N) is 1. The topological polar surface area (TPSA) is 92.6 Å². The summed E-state index contributed by atoms with van der Waals surface area (Å²) in [7, 11) is 0. The smallest absolute Gasteiger partial charge is 0.197 e. The van der Waals surface area contributed by atoms with E-state index in [1.165, 1.54) is 0 Å². The van der Waals surface area contributed by atoms with Crippen LogP contribution in [-0.4, -0.2) is 22.2 Å². The summed E-state index contributed by atoms with van der Waals surface area (Å²) < 4.78 is 20.2. The van der Waals surface area contributed by atoms with E-state index in [-0.39, 0.29) is 5.82 Å². The molecule has 144 valence electrons. The molecule has 0 amide bonds. The van der Waals surface area contributed by atoms with Gasteiger partial charge in [-0.15, -0.1) is 0 Å². The van der Waals surface area contributed by atoms with Gasteiger partial charge in [0.25, 0.3) is 0 Å². The molecule has 0 radical (unpaired) electrons. The number of benzene rings is 2. The van der Waals surface area contributed by atoms with Gasteiger partial charge in [0.2, 0.25) is 0 Å². The van der Waals surface area contributed by atoms with Crippen LogP contribution in [-0.2, 0) is 0 Å². The summed E-state index contributed by atoms with van der Waals surface area (Å²) in [6.07, 6.45) is 1.12. The number of aromatic nitrogens is 2. The third-order valence-corrected chi connectivity index (χ3v) is 4.65. The number of rotatable bonds is 3. The van der Waals surface area contributed by atoms with Gasteiger partial charge in [-0.1, -0.05) is 18.2 Å². The zero-order valence-corrected chi connectivity index (χ0v) is 15.6. The number of halogens is 1. The zero-order chi connectivity index (χ0) is 20.0. The summed E-state index contributed by atoms with van der Waals surface area (Å²) in [5, 5.41) is 5.54. The van der Waals surface area contributed by atoms with Crippen LogP contribution in [0.1, 0.15) is 6.92 Å². The summed E-state index contributed by atoms with van der Waals surface area (Å²) in [5.41, 5.74) is 3.82. The summed E-state index contributed by atoms with van der Waals surface area (Å²) >= 11 is 0. The molecule has 0 fully saturated rings. The summed E-state index contributed by atoms with van der Waals surface area (Å²) in [6, 6.07) is 14.9. The quantitative estimate of drug-likeness (QED) is 0.500. The molecule has 0 saturated heterocycles. The molecular weight excluding hydrogens is 371 g/mol. The van der Waals surface area contributed by atoms with Gasteiger partial charge < -0.3 is 14.7 Å². The van der Waals surface area contributed by atoms with Crippen molar-refractivity contribution < 1.29 is 8.81 Å². The van der Waals surface area contributed by atoms with Gasteiger partial charge in [0.1, 0.15) is 5.58 Å². The van der Waals surface area contributed by atoms with E-state index in [0.717, 1.165) is 34.3 Å². The second kappa shape index (κ2) is 6.68. The highest BCUT2D eigenvalue weighted by Crippen LogP contribution is 2.34. The van der Waals surface area contributed by atoms with E-state index < -0.39 is 5.82 Å². The molecule has 0 spiro atoms. The Morgan fingerprint density at radius 3 is 2.90 bits per heavy atom. The molecule has 0 bridgehead atoms. The highest BCUT2D eigenvalue weighted by atomic mass is 19.1. The maximum Gasteiger partial charge on any atom is 0.197 e. The molecule has 1 aliphatic heterocycles. The number of nitrogens with two attached hydrogens (primary N) is 1. The maximum absolute atomic E-state index is 14.4. The van der Waals surface area contributed by atoms with E-state index >= 15 is 0 Å². The van der Waals surface area contributed by atoms with Gasteiger partial charge in [-0.25, -0.2) is 20.2 Å². The number of anilines is 3. The van der Waals surface area contributed by atoms with Crippen LogP contribution in [0.4, 0.5) is 27.3 Å². The van der Waals surface area contributed by atoms with E-state index in [4.69, 9.17) is 10.3 Å². The minimum Gasteiger partial charge on any atom is -0.453 e. The highest BCUT2D eigenvalue weighted by Gasteiger charge is 2.17. The first-order valence-electron chi connectivity index (χ1n) is 9.06. The summed E-state index contributed by atoms with van der Waals surface area (Å²) in [6.45, 7) is 2.46. The largest absolute Gasteiger partial charge is 0.453 e. The molecule has 2 aromatic carbocycles. The molecule has 4 aromatic rings. The Bertz CT molecular complexity index is 1230. The number of nitrogens with zero attached hydrogens (tertiary/aromatic N) is 4. The molecule has 7 nitrogen and oxygen atoms in total.